The maximum Gasteiger partial charge on any atom is 0.295 e. The highest BCUT2D eigenvalue weighted by atomic mass is 16.7. The number of amides is 1. The normalized spacial score (nSPS) is 19.0. The van der Waals surface area contributed by atoms with E-state index in [2.05, 4.69) is 6.58 Å². The van der Waals surface area contributed by atoms with Gasteiger partial charge in [-0.05, 0) is 42.3 Å². The van der Waals surface area contributed by atoms with Gasteiger partial charge in [0.15, 0.2) is 11.5 Å². The van der Waals surface area contributed by atoms with E-state index < -0.39 is 17.7 Å². The molecule has 0 spiro atoms. The van der Waals surface area contributed by atoms with Gasteiger partial charge in [0.05, 0.1) is 11.6 Å². The van der Waals surface area contributed by atoms with Crippen LogP contribution >= 0.6 is 0 Å². The Bertz CT molecular complexity index is 1070. The minimum absolute atomic E-state index is 0.0400. The summed E-state index contributed by atoms with van der Waals surface area (Å²) in [7, 11) is 0. The molecule has 1 amide bonds. The number of ketones is 1. The van der Waals surface area contributed by atoms with Crippen molar-refractivity contribution in [1.82, 2.24) is 4.90 Å². The van der Waals surface area contributed by atoms with Crippen LogP contribution in [-0.2, 0) is 9.59 Å². The van der Waals surface area contributed by atoms with Gasteiger partial charge in [0.1, 0.15) is 18.1 Å². The highest BCUT2D eigenvalue weighted by Crippen LogP contribution is 2.42. The van der Waals surface area contributed by atoms with Gasteiger partial charge in [0, 0.05) is 12.1 Å². The number of carbonyl (C=O) groups excluding carboxylic acids is 2. The minimum atomic E-state index is -0.724. The van der Waals surface area contributed by atoms with Crippen LogP contribution < -0.4 is 14.2 Å². The molecule has 2 aliphatic heterocycles. The van der Waals surface area contributed by atoms with E-state index in [4.69, 9.17) is 14.2 Å². The van der Waals surface area contributed by atoms with Crippen molar-refractivity contribution in [1.29, 1.82) is 0 Å². The second kappa shape index (κ2) is 8.55. The molecule has 0 aromatic heterocycles. The first-order valence-electron chi connectivity index (χ1n) is 10.1. The van der Waals surface area contributed by atoms with Crippen LogP contribution in [0.25, 0.3) is 5.76 Å². The van der Waals surface area contributed by atoms with Crippen molar-refractivity contribution < 1.29 is 28.9 Å². The highest BCUT2D eigenvalue weighted by Gasteiger charge is 2.45. The summed E-state index contributed by atoms with van der Waals surface area (Å²) in [6.45, 7) is 6.38. The van der Waals surface area contributed by atoms with Gasteiger partial charge in [-0.25, -0.2) is 0 Å². The third kappa shape index (κ3) is 3.74. The molecule has 0 bridgehead atoms. The second-order valence-electron chi connectivity index (χ2n) is 7.23. The van der Waals surface area contributed by atoms with Crippen LogP contribution in [-0.4, -0.2) is 41.6 Å². The maximum absolute atomic E-state index is 13.0. The molecular formula is C24H23NO6. The number of fused-ring (bicyclic) bond motifs is 1. The van der Waals surface area contributed by atoms with Gasteiger partial charge in [0.2, 0.25) is 6.79 Å². The molecule has 2 aromatic rings. The van der Waals surface area contributed by atoms with Crippen molar-refractivity contribution >= 4 is 17.4 Å². The summed E-state index contributed by atoms with van der Waals surface area (Å²) in [5.74, 6) is 0.0210. The van der Waals surface area contributed by atoms with Gasteiger partial charge in [-0.3, -0.25) is 9.59 Å². The minimum Gasteiger partial charge on any atom is -0.507 e. The summed E-state index contributed by atoms with van der Waals surface area (Å²) >= 11 is 0. The van der Waals surface area contributed by atoms with Crippen molar-refractivity contribution in [2.45, 2.75) is 19.4 Å². The predicted octanol–water partition coefficient (Wildman–Crippen LogP) is 3.81. The van der Waals surface area contributed by atoms with Crippen LogP contribution in [0.5, 0.6) is 17.2 Å². The van der Waals surface area contributed by atoms with E-state index in [0.29, 0.717) is 47.9 Å². The number of ether oxygens (including phenoxy) is 3. The molecule has 2 aliphatic rings. The molecule has 7 heteroatoms. The van der Waals surface area contributed by atoms with Gasteiger partial charge in [-0.2, -0.15) is 0 Å². The van der Waals surface area contributed by atoms with E-state index in [1.807, 2.05) is 13.0 Å². The van der Waals surface area contributed by atoms with Crippen LogP contribution in [0.1, 0.15) is 30.5 Å². The molecule has 1 unspecified atom stereocenters. The van der Waals surface area contributed by atoms with Gasteiger partial charge in [0.25, 0.3) is 11.7 Å². The average Bonchev–Trinajstić information content (AvgIpc) is 3.35. The fourth-order valence-corrected chi connectivity index (χ4v) is 3.83. The standard InChI is InChI=1S/C24H23NO6/c1-3-10-25-21(15-6-5-7-17(12-15)29-11-4-2)20(23(27)24(25)28)22(26)16-8-9-18-19(13-16)31-14-30-18/h4-9,12-13,21,26H,2-3,10-11,14H2,1H3/b22-20-. The van der Waals surface area contributed by atoms with E-state index in [1.54, 1.807) is 42.5 Å². The number of benzene rings is 2. The molecule has 4 rings (SSSR count). The summed E-state index contributed by atoms with van der Waals surface area (Å²) in [5, 5.41) is 11.1. The molecule has 0 aliphatic carbocycles. The van der Waals surface area contributed by atoms with Gasteiger partial charge in [-0.1, -0.05) is 31.7 Å². The first-order chi connectivity index (χ1) is 15.0. The number of carbonyl (C=O) groups is 2. The molecule has 2 aromatic carbocycles. The lowest BCUT2D eigenvalue weighted by molar-refractivity contribution is -0.139. The topological polar surface area (TPSA) is 85.3 Å². The molecule has 0 saturated carbocycles. The maximum atomic E-state index is 13.0. The first kappa shape index (κ1) is 20.5. The number of rotatable bonds is 7. The largest absolute Gasteiger partial charge is 0.507 e. The molecule has 160 valence electrons. The number of likely N-dealkylation sites (tertiary alicyclic amines) is 1. The third-order valence-corrected chi connectivity index (χ3v) is 5.19. The number of nitrogens with zero attached hydrogens (tertiary/aromatic N) is 1. The van der Waals surface area contributed by atoms with Crippen molar-refractivity contribution in [3.05, 3.63) is 71.8 Å². The van der Waals surface area contributed by atoms with E-state index >= 15 is 0 Å². The lowest BCUT2D eigenvalue weighted by Crippen LogP contribution is -2.30. The summed E-state index contributed by atoms with van der Waals surface area (Å²) in [6.07, 6.45) is 2.30. The Kier molecular flexibility index (Phi) is 5.66. The molecular weight excluding hydrogens is 398 g/mol. The average molecular weight is 421 g/mol. The Morgan fingerprint density at radius 1 is 1.23 bits per heavy atom. The fourth-order valence-electron chi connectivity index (χ4n) is 3.83. The Morgan fingerprint density at radius 3 is 2.81 bits per heavy atom. The molecule has 1 atom stereocenters. The zero-order valence-electron chi connectivity index (χ0n) is 17.2. The SMILES string of the molecule is C=CCOc1cccc(C2/C(=C(/O)c3ccc4c(c3)OCO4)C(=O)C(=O)N2CCC)c1. The quantitative estimate of drug-likeness (QED) is 0.317. The number of aliphatic hydroxyl groups is 1. The Hall–Kier alpha value is -3.74. The van der Waals surface area contributed by atoms with E-state index in [0.717, 1.165) is 0 Å². The summed E-state index contributed by atoms with van der Waals surface area (Å²) in [6, 6.07) is 11.3. The van der Waals surface area contributed by atoms with E-state index in [1.165, 1.54) is 4.90 Å². The van der Waals surface area contributed by atoms with Crippen molar-refractivity contribution in [2.24, 2.45) is 0 Å². The molecule has 7 nitrogen and oxygen atoms in total. The molecule has 1 saturated heterocycles. The summed E-state index contributed by atoms with van der Waals surface area (Å²) < 4.78 is 16.3. The second-order valence-corrected chi connectivity index (χ2v) is 7.23. The van der Waals surface area contributed by atoms with Crippen molar-refractivity contribution in [2.75, 3.05) is 19.9 Å². The molecule has 31 heavy (non-hydrogen) atoms. The van der Waals surface area contributed by atoms with Crippen molar-refractivity contribution in [3.63, 3.8) is 0 Å². The zero-order valence-corrected chi connectivity index (χ0v) is 17.2. The predicted molar refractivity (Wildman–Crippen MR) is 114 cm³/mol. The van der Waals surface area contributed by atoms with Crippen LogP contribution in [0.4, 0.5) is 0 Å². The molecule has 2 heterocycles. The number of hydrogen-bond acceptors (Lipinski definition) is 6. The summed E-state index contributed by atoms with van der Waals surface area (Å²) in [5.41, 5.74) is 1.09. The van der Waals surface area contributed by atoms with Gasteiger partial charge < -0.3 is 24.2 Å². The van der Waals surface area contributed by atoms with E-state index in [-0.39, 0.29) is 18.1 Å². The molecule has 0 radical (unpaired) electrons. The van der Waals surface area contributed by atoms with E-state index in [9.17, 15) is 14.7 Å². The fraction of sp³-hybridized carbons (Fsp3) is 0.250. The molecule has 1 N–H and O–H groups in total. The van der Waals surface area contributed by atoms with Gasteiger partial charge in [-0.15, -0.1) is 0 Å². The Morgan fingerprint density at radius 2 is 2.03 bits per heavy atom. The first-order valence-corrected chi connectivity index (χ1v) is 10.1. The van der Waals surface area contributed by atoms with Crippen LogP contribution in [0.3, 0.4) is 0 Å². The van der Waals surface area contributed by atoms with Gasteiger partial charge >= 0.3 is 0 Å². The Balaban J connectivity index is 1.82. The van der Waals surface area contributed by atoms with Crippen LogP contribution in [0, 0.1) is 0 Å². The smallest absolute Gasteiger partial charge is 0.295 e. The molecule has 1 fully saturated rings. The highest BCUT2D eigenvalue weighted by molar-refractivity contribution is 6.46. The van der Waals surface area contributed by atoms with Crippen LogP contribution in [0.15, 0.2) is 60.7 Å². The lowest BCUT2D eigenvalue weighted by Gasteiger charge is -2.25. The Labute approximate surface area is 180 Å². The third-order valence-electron chi connectivity index (χ3n) is 5.19. The van der Waals surface area contributed by atoms with Crippen molar-refractivity contribution in [3.8, 4) is 17.2 Å². The summed E-state index contributed by atoms with van der Waals surface area (Å²) in [4.78, 5) is 27.3. The lowest BCUT2D eigenvalue weighted by atomic mass is 9.95. The number of aliphatic hydroxyl groups excluding tert-OH is 1. The number of Topliss-reactive ketones (excluding diaryl/α,β-unsaturated/α-hetero) is 1. The zero-order chi connectivity index (χ0) is 22.0. The number of hydrogen-bond donors (Lipinski definition) is 1. The van der Waals surface area contributed by atoms with Crippen LogP contribution in [0.2, 0.25) is 0 Å². The monoisotopic (exact) mass is 421 g/mol.